The van der Waals surface area contributed by atoms with Crippen molar-refractivity contribution in [2.45, 2.75) is 25.7 Å². The molecule has 0 aliphatic carbocycles. The first-order valence-electron chi connectivity index (χ1n) is 7.65. The van der Waals surface area contributed by atoms with Gasteiger partial charge in [-0.2, -0.15) is 18.3 Å². The lowest BCUT2D eigenvalue weighted by atomic mass is 10.2. The Morgan fingerprint density at radius 3 is 2.48 bits per heavy atom. The third-order valence-corrected chi connectivity index (χ3v) is 3.72. The molecule has 3 aromatic rings. The lowest BCUT2D eigenvalue weighted by Gasteiger charge is -2.13. The van der Waals surface area contributed by atoms with Crippen molar-refractivity contribution in [2.75, 3.05) is 0 Å². The average Bonchev–Trinajstić information content (AvgIpc) is 3.11. The number of nitrogens with zero attached hydrogens (tertiary/aromatic N) is 4. The number of alkyl halides is 3. The fraction of sp³-hybridized carbons (Fsp3) is 0.235. The number of aromatic nitrogens is 4. The topological polar surface area (TPSA) is 55.6 Å². The van der Waals surface area contributed by atoms with Crippen molar-refractivity contribution in [1.82, 2.24) is 25.1 Å². The van der Waals surface area contributed by atoms with E-state index in [2.05, 4.69) is 20.4 Å². The molecule has 25 heavy (non-hydrogen) atoms. The molecular weight excluding hydrogens is 331 g/mol. The standard InChI is InChI=1S/C17H16F3N5/c1-12(15-11-21-7-8-22-15)23-10-13-2-4-14(5-3-13)25-9-6-16(24-25)17(18,19)20/h2-9,11-12,23H,10H2,1H3. The van der Waals surface area contributed by atoms with Gasteiger partial charge in [-0.05, 0) is 30.7 Å². The number of rotatable bonds is 5. The van der Waals surface area contributed by atoms with Crippen LogP contribution in [0.1, 0.15) is 29.9 Å². The summed E-state index contributed by atoms with van der Waals surface area (Å²) in [4.78, 5) is 8.27. The van der Waals surface area contributed by atoms with Gasteiger partial charge in [0.2, 0.25) is 0 Å². The van der Waals surface area contributed by atoms with Crippen LogP contribution in [0.4, 0.5) is 13.2 Å². The van der Waals surface area contributed by atoms with Gasteiger partial charge in [0, 0.05) is 37.4 Å². The van der Waals surface area contributed by atoms with E-state index in [1.54, 1.807) is 30.7 Å². The lowest BCUT2D eigenvalue weighted by Crippen LogP contribution is -2.19. The molecular formula is C17H16F3N5. The number of hydrogen-bond acceptors (Lipinski definition) is 4. The second-order valence-corrected chi connectivity index (χ2v) is 5.54. The molecule has 5 nitrogen and oxygen atoms in total. The van der Waals surface area contributed by atoms with Gasteiger partial charge in [0.1, 0.15) is 0 Å². The molecule has 1 N–H and O–H groups in total. The molecule has 0 radical (unpaired) electrons. The molecule has 0 fully saturated rings. The van der Waals surface area contributed by atoms with E-state index in [0.29, 0.717) is 12.2 Å². The Kier molecular flexibility index (Phi) is 4.80. The molecule has 0 amide bonds. The number of hydrogen-bond donors (Lipinski definition) is 1. The minimum atomic E-state index is -4.44. The van der Waals surface area contributed by atoms with E-state index in [1.165, 1.54) is 10.9 Å². The third kappa shape index (κ3) is 4.21. The molecule has 1 aromatic carbocycles. The first-order chi connectivity index (χ1) is 11.9. The Morgan fingerprint density at radius 1 is 1.12 bits per heavy atom. The van der Waals surface area contributed by atoms with E-state index in [0.717, 1.165) is 17.3 Å². The predicted octanol–water partition coefficient (Wildman–Crippen LogP) is 3.53. The minimum absolute atomic E-state index is 0.0360. The Morgan fingerprint density at radius 2 is 1.88 bits per heavy atom. The molecule has 8 heteroatoms. The normalized spacial score (nSPS) is 13.0. The van der Waals surface area contributed by atoms with Crippen LogP contribution in [0.25, 0.3) is 5.69 Å². The van der Waals surface area contributed by atoms with Gasteiger partial charge in [-0.3, -0.25) is 9.97 Å². The van der Waals surface area contributed by atoms with Crippen molar-refractivity contribution in [3.63, 3.8) is 0 Å². The summed E-state index contributed by atoms with van der Waals surface area (Å²) in [6, 6.07) is 8.15. The fourth-order valence-corrected chi connectivity index (χ4v) is 2.30. The number of benzene rings is 1. The van der Waals surface area contributed by atoms with Crippen molar-refractivity contribution in [2.24, 2.45) is 0 Å². The van der Waals surface area contributed by atoms with E-state index in [4.69, 9.17) is 0 Å². The highest BCUT2D eigenvalue weighted by atomic mass is 19.4. The number of nitrogens with one attached hydrogen (secondary N) is 1. The Balaban J connectivity index is 1.63. The van der Waals surface area contributed by atoms with Gasteiger partial charge < -0.3 is 5.32 Å². The Labute approximate surface area is 142 Å². The van der Waals surface area contributed by atoms with Gasteiger partial charge in [0.15, 0.2) is 5.69 Å². The first kappa shape index (κ1) is 17.1. The van der Waals surface area contributed by atoms with Crippen LogP contribution < -0.4 is 5.32 Å². The third-order valence-electron chi connectivity index (χ3n) is 3.72. The van der Waals surface area contributed by atoms with Crippen molar-refractivity contribution < 1.29 is 13.2 Å². The van der Waals surface area contributed by atoms with Crippen LogP contribution in [0.3, 0.4) is 0 Å². The van der Waals surface area contributed by atoms with Gasteiger partial charge in [0.25, 0.3) is 0 Å². The van der Waals surface area contributed by atoms with Crippen molar-refractivity contribution in [1.29, 1.82) is 0 Å². The first-order valence-corrected chi connectivity index (χ1v) is 7.65. The highest BCUT2D eigenvalue weighted by Gasteiger charge is 2.33. The van der Waals surface area contributed by atoms with Crippen LogP contribution in [0, 0.1) is 0 Å². The number of halogens is 3. The summed E-state index contributed by atoms with van der Waals surface area (Å²) >= 11 is 0. The molecule has 2 heterocycles. The van der Waals surface area contributed by atoms with Gasteiger partial charge in [-0.15, -0.1) is 0 Å². The van der Waals surface area contributed by atoms with E-state index < -0.39 is 11.9 Å². The highest BCUT2D eigenvalue weighted by Crippen LogP contribution is 2.27. The van der Waals surface area contributed by atoms with E-state index in [1.807, 2.05) is 19.1 Å². The lowest BCUT2D eigenvalue weighted by molar-refractivity contribution is -0.141. The molecule has 3 rings (SSSR count). The quantitative estimate of drug-likeness (QED) is 0.767. The molecule has 0 aliphatic rings. The molecule has 0 bridgehead atoms. The highest BCUT2D eigenvalue weighted by molar-refractivity contribution is 5.34. The Hall–Kier alpha value is -2.74. The van der Waals surface area contributed by atoms with Crippen molar-refractivity contribution in [3.8, 4) is 5.69 Å². The zero-order valence-electron chi connectivity index (χ0n) is 13.4. The maximum absolute atomic E-state index is 12.6. The van der Waals surface area contributed by atoms with Gasteiger partial charge in [-0.25, -0.2) is 4.68 Å². The zero-order chi connectivity index (χ0) is 17.9. The second-order valence-electron chi connectivity index (χ2n) is 5.54. The summed E-state index contributed by atoms with van der Waals surface area (Å²) in [7, 11) is 0. The van der Waals surface area contributed by atoms with Crippen LogP contribution in [0.15, 0.2) is 55.1 Å². The zero-order valence-corrected chi connectivity index (χ0v) is 13.4. The summed E-state index contributed by atoms with van der Waals surface area (Å²) in [5, 5.41) is 6.88. The SMILES string of the molecule is CC(NCc1ccc(-n2ccc(C(F)(F)F)n2)cc1)c1cnccn1. The summed E-state index contributed by atoms with van der Waals surface area (Å²) < 4.78 is 39.0. The molecule has 0 saturated heterocycles. The van der Waals surface area contributed by atoms with Crippen molar-refractivity contribution in [3.05, 3.63) is 72.1 Å². The van der Waals surface area contributed by atoms with Crippen LogP contribution in [-0.4, -0.2) is 19.7 Å². The van der Waals surface area contributed by atoms with Gasteiger partial charge in [0.05, 0.1) is 11.4 Å². The minimum Gasteiger partial charge on any atom is -0.305 e. The summed E-state index contributed by atoms with van der Waals surface area (Å²) in [5.41, 5.74) is 1.51. The van der Waals surface area contributed by atoms with Crippen molar-refractivity contribution >= 4 is 0 Å². The maximum Gasteiger partial charge on any atom is 0.435 e. The fourth-order valence-electron chi connectivity index (χ4n) is 2.30. The van der Waals surface area contributed by atoms with Crippen LogP contribution in [-0.2, 0) is 12.7 Å². The van der Waals surface area contributed by atoms with E-state index >= 15 is 0 Å². The molecule has 0 saturated carbocycles. The van der Waals surface area contributed by atoms with Crippen LogP contribution in [0.2, 0.25) is 0 Å². The van der Waals surface area contributed by atoms with Crippen LogP contribution in [0.5, 0.6) is 0 Å². The molecule has 1 unspecified atom stereocenters. The monoisotopic (exact) mass is 347 g/mol. The second kappa shape index (κ2) is 7.02. The summed E-state index contributed by atoms with van der Waals surface area (Å²) in [5.74, 6) is 0. The predicted molar refractivity (Wildman–Crippen MR) is 85.9 cm³/mol. The maximum atomic E-state index is 12.6. The van der Waals surface area contributed by atoms with E-state index in [-0.39, 0.29) is 6.04 Å². The summed E-state index contributed by atoms with van der Waals surface area (Å²) in [6.45, 7) is 2.59. The van der Waals surface area contributed by atoms with Gasteiger partial charge in [-0.1, -0.05) is 12.1 Å². The van der Waals surface area contributed by atoms with Crippen LogP contribution >= 0.6 is 0 Å². The molecule has 0 spiro atoms. The smallest absolute Gasteiger partial charge is 0.305 e. The van der Waals surface area contributed by atoms with E-state index in [9.17, 15) is 13.2 Å². The van der Waals surface area contributed by atoms with Gasteiger partial charge >= 0.3 is 6.18 Å². The Bertz CT molecular complexity index is 812. The molecule has 0 aliphatic heterocycles. The molecule has 2 aromatic heterocycles. The largest absolute Gasteiger partial charge is 0.435 e. The summed E-state index contributed by atoms with van der Waals surface area (Å²) in [6.07, 6.45) is 1.82. The average molecular weight is 347 g/mol. The molecule has 1 atom stereocenters. The molecule has 130 valence electrons.